The molecule has 0 spiro atoms. The fourth-order valence-electron chi connectivity index (χ4n) is 1.45. The summed E-state index contributed by atoms with van der Waals surface area (Å²) in [4.78, 5) is 4.06. The number of ether oxygens (including phenoxy) is 1. The summed E-state index contributed by atoms with van der Waals surface area (Å²) < 4.78 is 28.5. The molecular weight excluding hydrogens is 283 g/mol. The Morgan fingerprint density at radius 2 is 1.72 bits per heavy atom. The van der Waals surface area contributed by atoms with E-state index in [0.29, 0.717) is 21.3 Å². The Balaban J connectivity index is 2.38. The number of pyridine rings is 1. The highest BCUT2D eigenvalue weighted by Crippen LogP contribution is 2.28. The van der Waals surface area contributed by atoms with Gasteiger partial charge in [0.1, 0.15) is 5.75 Å². The van der Waals surface area contributed by atoms with Gasteiger partial charge in [-0.15, -0.1) is 0 Å². The molecule has 18 heavy (non-hydrogen) atoms. The number of benzene rings is 1. The second kappa shape index (κ2) is 5.50. The third-order valence-electron chi connectivity index (χ3n) is 2.11. The van der Waals surface area contributed by atoms with Crippen LogP contribution in [0.3, 0.4) is 0 Å². The molecule has 0 unspecified atom stereocenters. The highest BCUT2D eigenvalue weighted by atomic mass is 35.5. The second-order valence-electron chi connectivity index (χ2n) is 3.41. The van der Waals surface area contributed by atoms with Gasteiger partial charge in [-0.05, 0) is 24.3 Å². The lowest BCUT2D eigenvalue weighted by Crippen LogP contribution is -2.02. The van der Waals surface area contributed by atoms with Crippen molar-refractivity contribution in [2.24, 2.45) is 0 Å². The van der Waals surface area contributed by atoms with Gasteiger partial charge in [-0.2, -0.15) is 8.78 Å². The lowest BCUT2D eigenvalue weighted by atomic mass is 10.1. The summed E-state index contributed by atoms with van der Waals surface area (Å²) in [5.74, 6) is 0.0334. The topological polar surface area (TPSA) is 22.1 Å². The van der Waals surface area contributed by atoms with E-state index >= 15 is 0 Å². The first kappa shape index (κ1) is 13.1. The van der Waals surface area contributed by atoms with E-state index in [1.165, 1.54) is 18.3 Å². The predicted molar refractivity (Wildman–Crippen MR) is 66.3 cm³/mol. The summed E-state index contributed by atoms with van der Waals surface area (Å²) in [6.45, 7) is -2.87. The quantitative estimate of drug-likeness (QED) is 0.820. The van der Waals surface area contributed by atoms with Crippen molar-refractivity contribution < 1.29 is 13.5 Å². The fourth-order valence-corrected chi connectivity index (χ4v) is 1.97. The highest BCUT2D eigenvalue weighted by Gasteiger charge is 2.07. The number of hydrogen-bond donors (Lipinski definition) is 0. The Bertz CT molecular complexity index is 543. The summed E-state index contributed by atoms with van der Waals surface area (Å²) in [5, 5.41) is 0.888. The van der Waals surface area contributed by atoms with Gasteiger partial charge in [-0.1, -0.05) is 23.2 Å². The predicted octanol–water partition coefficient (Wildman–Crippen LogP) is 4.66. The van der Waals surface area contributed by atoms with Crippen molar-refractivity contribution in [1.82, 2.24) is 4.98 Å². The molecule has 0 N–H and O–H groups in total. The zero-order valence-corrected chi connectivity index (χ0v) is 10.4. The smallest absolute Gasteiger partial charge is 0.387 e. The maximum absolute atomic E-state index is 12.1. The van der Waals surface area contributed by atoms with Crippen LogP contribution in [0.2, 0.25) is 10.0 Å². The van der Waals surface area contributed by atoms with Crippen LogP contribution in [-0.4, -0.2) is 11.6 Å². The van der Waals surface area contributed by atoms with E-state index in [1.54, 1.807) is 18.2 Å². The molecule has 0 amide bonds. The number of alkyl halides is 2. The minimum absolute atomic E-state index is 0.0334. The lowest BCUT2D eigenvalue weighted by molar-refractivity contribution is -0.0498. The van der Waals surface area contributed by atoms with Gasteiger partial charge >= 0.3 is 6.61 Å². The van der Waals surface area contributed by atoms with E-state index in [2.05, 4.69) is 9.72 Å². The van der Waals surface area contributed by atoms with E-state index in [-0.39, 0.29) is 5.75 Å². The van der Waals surface area contributed by atoms with Crippen molar-refractivity contribution in [2.45, 2.75) is 6.61 Å². The van der Waals surface area contributed by atoms with E-state index in [0.717, 1.165) is 0 Å². The second-order valence-corrected chi connectivity index (χ2v) is 4.29. The van der Waals surface area contributed by atoms with Crippen molar-refractivity contribution in [3.63, 3.8) is 0 Å². The van der Waals surface area contributed by atoms with E-state index in [9.17, 15) is 8.78 Å². The molecular formula is C12H7Cl2F2NO. The zero-order chi connectivity index (χ0) is 13.1. The number of aromatic nitrogens is 1. The van der Waals surface area contributed by atoms with Crippen LogP contribution in [0.25, 0.3) is 11.3 Å². The van der Waals surface area contributed by atoms with E-state index in [1.807, 2.05) is 0 Å². The van der Waals surface area contributed by atoms with Crippen LogP contribution in [0.15, 0.2) is 36.5 Å². The van der Waals surface area contributed by atoms with Crippen molar-refractivity contribution in [3.05, 3.63) is 46.6 Å². The minimum Gasteiger partial charge on any atom is -0.435 e. The maximum atomic E-state index is 12.1. The van der Waals surface area contributed by atoms with Crippen molar-refractivity contribution in [2.75, 3.05) is 0 Å². The largest absolute Gasteiger partial charge is 0.435 e. The zero-order valence-electron chi connectivity index (χ0n) is 8.91. The van der Waals surface area contributed by atoms with Crippen LogP contribution < -0.4 is 4.74 Å². The molecule has 6 heteroatoms. The third-order valence-corrected chi connectivity index (χ3v) is 2.55. The van der Waals surface area contributed by atoms with Crippen LogP contribution >= 0.6 is 23.2 Å². The molecule has 0 bridgehead atoms. The van der Waals surface area contributed by atoms with Gasteiger partial charge in [-0.3, -0.25) is 4.98 Å². The van der Waals surface area contributed by atoms with Gasteiger partial charge in [0.25, 0.3) is 0 Å². The SMILES string of the molecule is FC(F)Oc1ccnc(-c2cc(Cl)cc(Cl)c2)c1. The van der Waals surface area contributed by atoms with Gasteiger partial charge in [0.15, 0.2) is 0 Å². The van der Waals surface area contributed by atoms with E-state index < -0.39 is 6.61 Å². The molecule has 0 fully saturated rings. The van der Waals surface area contributed by atoms with Crippen LogP contribution in [0.5, 0.6) is 5.75 Å². The monoisotopic (exact) mass is 289 g/mol. The summed E-state index contributed by atoms with van der Waals surface area (Å²) in [6, 6.07) is 7.60. The summed E-state index contributed by atoms with van der Waals surface area (Å²) in [5.41, 5.74) is 1.09. The molecule has 0 aliphatic rings. The average molecular weight is 290 g/mol. The Morgan fingerprint density at radius 1 is 1.06 bits per heavy atom. The molecule has 0 saturated heterocycles. The van der Waals surface area contributed by atoms with Crippen LogP contribution in [-0.2, 0) is 0 Å². The molecule has 0 atom stereocenters. The maximum Gasteiger partial charge on any atom is 0.387 e. The first-order valence-electron chi connectivity index (χ1n) is 4.92. The number of rotatable bonds is 3. The van der Waals surface area contributed by atoms with Gasteiger partial charge in [0.05, 0.1) is 5.69 Å². The Labute approximate surface area is 112 Å². The normalized spacial score (nSPS) is 10.7. The van der Waals surface area contributed by atoms with Gasteiger partial charge < -0.3 is 4.74 Å². The molecule has 94 valence electrons. The number of hydrogen-bond acceptors (Lipinski definition) is 2. The van der Waals surface area contributed by atoms with Gasteiger partial charge in [-0.25, -0.2) is 0 Å². The molecule has 0 aliphatic carbocycles. The molecule has 0 aliphatic heterocycles. The Kier molecular flexibility index (Phi) is 3.99. The van der Waals surface area contributed by atoms with Crippen LogP contribution in [0.1, 0.15) is 0 Å². The van der Waals surface area contributed by atoms with Gasteiger partial charge in [0.2, 0.25) is 0 Å². The molecule has 1 heterocycles. The number of nitrogens with zero attached hydrogens (tertiary/aromatic N) is 1. The molecule has 1 aromatic carbocycles. The first-order valence-corrected chi connectivity index (χ1v) is 5.67. The Hall–Kier alpha value is -1.39. The lowest BCUT2D eigenvalue weighted by Gasteiger charge is -2.07. The summed E-state index contributed by atoms with van der Waals surface area (Å²) in [6.07, 6.45) is 1.38. The Morgan fingerprint density at radius 3 is 2.33 bits per heavy atom. The van der Waals surface area contributed by atoms with Crippen LogP contribution in [0, 0.1) is 0 Å². The first-order chi connectivity index (χ1) is 8.54. The summed E-state index contributed by atoms with van der Waals surface area (Å²) >= 11 is 11.7. The van der Waals surface area contributed by atoms with Crippen molar-refractivity contribution in [1.29, 1.82) is 0 Å². The van der Waals surface area contributed by atoms with E-state index in [4.69, 9.17) is 23.2 Å². The average Bonchev–Trinajstić information content (AvgIpc) is 2.27. The third kappa shape index (κ3) is 3.31. The molecule has 0 saturated carbocycles. The van der Waals surface area contributed by atoms with Crippen molar-refractivity contribution >= 4 is 23.2 Å². The summed E-state index contributed by atoms with van der Waals surface area (Å²) in [7, 11) is 0. The van der Waals surface area contributed by atoms with Crippen LogP contribution in [0.4, 0.5) is 8.78 Å². The molecule has 0 radical (unpaired) electrons. The standard InChI is InChI=1S/C12H7Cl2F2NO/c13-8-3-7(4-9(14)5-8)11-6-10(1-2-17-11)18-12(15)16/h1-6,12H. The minimum atomic E-state index is -2.87. The van der Waals surface area contributed by atoms with Gasteiger partial charge in [0, 0.05) is 27.9 Å². The molecule has 2 aromatic rings. The highest BCUT2D eigenvalue weighted by molar-refractivity contribution is 6.35. The fraction of sp³-hybridized carbons (Fsp3) is 0.0833. The molecule has 2 nitrogen and oxygen atoms in total. The number of halogens is 4. The molecule has 2 rings (SSSR count). The molecule has 1 aromatic heterocycles. The van der Waals surface area contributed by atoms with Crippen molar-refractivity contribution in [3.8, 4) is 17.0 Å².